The van der Waals surface area contributed by atoms with E-state index in [2.05, 4.69) is 22.2 Å². The zero-order valence-electron chi connectivity index (χ0n) is 11.6. The molecule has 0 radical (unpaired) electrons. The standard InChI is InChI=1S/C15H19ClN4/c1-2-14-15(19-8-6-17-7-9-19)11-18-20(14)13-5-3-4-12(16)10-13/h3-5,10-11,17H,2,6-9H2,1H3. The first-order valence-corrected chi connectivity index (χ1v) is 7.46. The highest BCUT2D eigenvalue weighted by molar-refractivity contribution is 6.30. The summed E-state index contributed by atoms with van der Waals surface area (Å²) in [4.78, 5) is 2.41. The molecule has 20 heavy (non-hydrogen) atoms. The number of rotatable bonds is 3. The number of halogens is 1. The van der Waals surface area contributed by atoms with Crippen LogP contribution in [0.15, 0.2) is 30.5 Å². The fourth-order valence-corrected chi connectivity index (χ4v) is 2.88. The maximum Gasteiger partial charge on any atom is 0.0790 e. The molecule has 1 fully saturated rings. The van der Waals surface area contributed by atoms with Crippen LogP contribution in [-0.4, -0.2) is 36.0 Å². The number of nitrogens with zero attached hydrogens (tertiary/aromatic N) is 3. The highest BCUT2D eigenvalue weighted by atomic mass is 35.5. The van der Waals surface area contributed by atoms with Crippen molar-refractivity contribution in [1.29, 1.82) is 0 Å². The van der Waals surface area contributed by atoms with Gasteiger partial charge in [-0.3, -0.25) is 0 Å². The molecule has 1 saturated heterocycles. The van der Waals surface area contributed by atoms with Crippen molar-refractivity contribution in [2.75, 3.05) is 31.1 Å². The molecular formula is C15H19ClN4. The van der Waals surface area contributed by atoms with Crippen molar-refractivity contribution in [3.8, 4) is 5.69 Å². The molecule has 0 amide bonds. The maximum absolute atomic E-state index is 6.09. The van der Waals surface area contributed by atoms with E-state index >= 15 is 0 Å². The number of hydrogen-bond acceptors (Lipinski definition) is 3. The number of hydrogen-bond donors (Lipinski definition) is 1. The molecule has 1 aliphatic rings. The first-order chi connectivity index (χ1) is 9.79. The molecule has 4 nitrogen and oxygen atoms in total. The smallest absolute Gasteiger partial charge is 0.0790 e. The quantitative estimate of drug-likeness (QED) is 0.943. The van der Waals surface area contributed by atoms with Crippen LogP contribution in [0.1, 0.15) is 12.6 Å². The second kappa shape index (κ2) is 5.85. The van der Waals surface area contributed by atoms with Gasteiger partial charge in [0.2, 0.25) is 0 Å². The van der Waals surface area contributed by atoms with Crippen LogP contribution in [0.4, 0.5) is 5.69 Å². The van der Waals surface area contributed by atoms with Crippen LogP contribution < -0.4 is 10.2 Å². The van der Waals surface area contributed by atoms with Gasteiger partial charge in [0, 0.05) is 31.2 Å². The molecule has 1 N–H and O–H groups in total. The molecule has 3 rings (SSSR count). The van der Waals surface area contributed by atoms with Gasteiger partial charge in [0.15, 0.2) is 0 Å². The van der Waals surface area contributed by atoms with Gasteiger partial charge in [-0.15, -0.1) is 0 Å². The Balaban J connectivity index is 1.98. The molecular weight excluding hydrogens is 272 g/mol. The van der Waals surface area contributed by atoms with Gasteiger partial charge in [-0.1, -0.05) is 24.6 Å². The molecule has 106 valence electrons. The SMILES string of the molecule is CCc1c(N2CCNCC2)cnn1-c1cccc(Cl)c1. The van der Waals surface area contributed by atoms with Crippen molar-refractivity contribution < 1.29 is 0 Å². The van der Waals surface area contributed by atoms with Gasteiger partial charge < -0.3 is 10.2 Å². The van der Waals surface area contributed by atoms with E-state index in [1.807, 2.05) is 35.1 Å². The summed E-state index contributed by atoms with van der Waals surface area (Å²) in [6.07, 6.45) is 2.93. The molecule has 1 aromatic carbocycles. The molecule has 5 heteroatoms. The number of aromatic nitrogens is 2. The van der Waals surface area contributed by atoms with Crippen LogP contribution in [0.25, 0.3) is 5.69 Å². The van der Waals surface area contributed by atoms with Crippen LogP contribution in [0, 0.1) is 0 Å². The van der Waals surface area contributed by atoms with Gasteiger partial charge in [-0.2, -0.15) is 5.10 Å². The van der Waals surface area contributed by atoms with Gasteiger partial charge in [-0.05, 0) is 24.6 Å². The van der Waals surface area contributed by atoms with Gasteiger partial charge in [0.1, 0.15) is 0 Å². The zero-order chi connectivity index (χ0) is 13.9. The highest BCUT2D eigenvalue weighted by Crippen LogP contribution is 2.25. The van der Waals surface area contributed by atoms with Crippen LogP contribution in [0.3, 0.4) is 0 Å². The number of anilines is 1. The normalized spacial score (nSPS) is 15.6. The predicted octanol–water partition coefficient (Wildman–Crippen LogP) is 2.50. The topological polar surface area (TPSA) is 33.1 Å². The van der Waals surface area contributed by atoms with E-state index in [0.29, 0.717) is 0 Å². The van der Waals surface area contributed by atoms with E-state index in [0.717, 1.165) is 43.3 Å². The van der Waals surface area contributed by atoms with E-state index in [1.54, 1.807) is 0 Å². The Hall–Kier alpha value is -1.52. The molecule has 0 saturated carbocycles. The summed E-state index contributed by atoms with van der Waals surface area (Å²) in [5.41, 5.74) is 3.51. The first-order valence-electron chi connectivity index (χ1n) is 7.08. The minimum absolute atomic E-state index is 0.740. The maximum atomic E-state index is 6.09. The van der Waals surface area contributed by atoms with E-state index in [4.69, 9.17) is 11.6 Å². The number of benzene rings is 1. The second-order valence-electron chi connectivity index (χ2n) is 4.96. The molecule has 0 bridgehead atoms. The van der Waals surface area contributed by atoms with Crippen molar-refractivity contribution >= 4 is 17.3 Å². The van der Waals surface area contributed by atoms with Gasteiger partial charge >= 0.3 is 0 Å². The van der Waals surface area contributed by atoms with Crippen LogP contribution in [0.5, 0.6) is 0 Å². The van der Waals surface area contributed by atoms with Crippen molar-refractivity contribution in [3.05, 3.63) is 41.2 Å². The molecule has 2 aromatic rings. The molecule has 0 unspecified atom stereocenters. The minimum Gasteiger partial charge on any atom is -0.366 e. The van der Waals surface area contributed by atoms with Crippen molar-refractivity contribution in [3.63, 3.8) is 0 Å². The Bertz CT molecular complexity index is 587. The Morgan fingerprint density at radius 2 is 2.10 bits per heavy atom. The van der Waals surface area contributed by atoms with Crippen LogP contribution in [0.2, 0.25) is 5.02 Å². The highest BCUT2D eigenvalue weighted by Gasteiger charge is 2.18. The van der Waals surface area contributed by atoms with Crippen LogP contribution >= 0.6 is 11.6 Å². The van der Waals surface area contributed by atoms with E-state index in [9.17, 15) is 0 Å². The molecule has 1 aliphatic heterocycles. The monoisotopic (exact) mass is 290 g/mol. The number of piperazine rings is 1. The van der Waals surface area contributed by atoms with Crippen molar-refractivity contribution in [2.45, 2.75) is 13.3 Å². The Morgan fingerprint density at radius 1 is 1.30 bits per heavy atom. The lowest BCUT2D eigenvalue weighted by atomic mass is 10.2. The predicted molar refractivity (Wildman–Crippen MR) is 83.0 cm³/mol. The third kappa shape index (κ3) is 2.53. The number of nitrogens with one attached hydrogen (secondary N) is 1. The summed E-state index contributed by atoms with van der Waals surface area (Å²) >= 11 is 6.09. The summed E-state index contributed by atoms with van der Waals surface area (Å²) < 4.78 is 2.00. The Kier molecular flexibility index (Phi) is 3.94. The first kappa shape index (κ1) is 13.5. The molecule has 0 spiro atoms. The average molecular weight is 291 g/mol. The molecule has 0 aliphatic carbocycles. The summed E-state index contributed by atoms with van der Waals surface area (Å²) in [5, 5.41) is 8.69. The van der Waals surface area contributed by atoms with E-state index in [-0.39, 0.29) is 0 Å². The van der Waals surface area contributed by atoms with Crippen molar-refractivity contribution in [1.82, 2.24) is 15.1 Å². The minimum atomic E-state index is 0.740. The summed E-state index contributed by atoms with van der Waals surface area (Å²) in [5.74, 6) is 0. The Morgan fingerprint density at radius 3 is 2.80 bits per heavy atom. The Labute approximate surface area is 124 Å². The lowest BCUT2D eigenvalue weighted by Gasteiger charge is -2.29. The van der Waals surface area contributed by atoms with Gasteiger partial charge in [0.25, 0.3) is 0 Å². The largest absolute Gasteiger partial charge is 0.366 e. The molecule has 2 heterocycles. The molecule has 0 atom stereocenters. The average Bonchev–Trinajstić information content (AvgIpc) is 2.92. The van der Waals surface area contributed by atoms with Gasteiger partial charge in [0.05, 0.1) is 23.3 Å². The van der Waals surface area contributed by atoms with E-state index < -0.39 is 0 Å². The summed E-state index contributed by atoms with van der Waals surface area (Å²) in [6.45, 7) is 6.31. The second-order valence-corrected chi connectivity index (χ2v) is 5.40. The third-order valence-corrected chi connectivity index (χ3v) is 3.93. The fraction of sp³-hybridized carbons (Fsp3) is 0.400. The lowest BCUT2D eigenvalue weighted by molar-refractivity contribution is 0.587. The summed E-state index contributed by atoms with van der Waals surface area (Å²) in [7, 11) is 0. The zero-order valence-corrected chi connectivity index (χ0v) is 12.4. The third-order valence-electron chi connectivity index (χ3n) is 3.69. The van der Waals surface area contributed by atoms with E-state index in [1.165, 1.54) is 11.4 Å². The lowest BCUT2D eigenvalue weighted by Crippen LogP contribution is -2.43. The fourth-order valence-electron chi connectivity index (χ4n) is 2.70. The summed E-state index contributed by atoms with van der Waals surface area (Å²) in [6, 6.07) is 7.84. The molecule has 1 aromatic heterocycles. The van der Waals surface area contributed by atoms with Gasteiger partial charge in [-0.25, -0.2) is 4.68 Å². The van der Waals surface area contributed by atoms with Crippen molar-refractivity contribution in [2.24, 2.45) is 0 Å². The van der Waals surface area contributed by atoms with Crippen LogP contribution in [-0.2, 0) is 6.42 Å².